The highest BCUT2D eigenvalue weighted by Crippen LogP contribution is 2.43. The van der Waals surface area contributed by atoms with E-state index in [1.807, 2.05) is 64.0 Å². The molecule has 3 heterocycles. The molecule has 0 aliphatic carbocycles. The number of cyclic esters (lactones) is 1. The number of amides is 1. The van der Waals surface area contributed by atoms with E-state index in [1.54, 1.807) is 32.6 Å². The van der Waals surface area contributed by atoms with Crippen molar-refractivity contribution in [3.8, 4) is 0 Å². The Morgan fingerprint density at radius 1 is 1.02 bits per heavy atom. The lowest BCUT2D eigenvalue weighted by molar-refractivity contribution is -0.295. The number of halogens is 1. The number of aliphatic hydroxyl groups excluding tert-OH is 1. The maximum Gasteiger partial charge on any atom is 0.410 e. The number of aryl methyl sites for hydroxylation is 1. The number of carbonyl (C=O) groups is 4. The predicted molar refractivity (Wildman–Crippen MR) is 204 cm³/mol. The quantitative estimate of drug-likeness (QED) is 0.173. The molecule has 1 amide bonds. The van der Waals surface area contributed by atoms with Gasteiger partial charge in [-0.3, -0.25) is 14.4 Å². The first-order chi connectivity index (χ1) is 25.3. The second-order valence-electron chi connectivity index (χ2n) is 16.5. The Labute approximate surface area is 326 Å². The van der Waals surface area contributed by atoms with E-state index in [2.05, 4.69) is 0 Å². The molecule has 4 rings (SSSR count). The predicted octanol–water partition coefficient (Wildman–Crippen LogP) is 5.87. The minimum Gasteiger partial charge on any atom is -0.458 e. The Bertz CT molecular complexity index is 1490. The van der Waals surface area contributed by atoms with Gasteiger partial charge >= 0.3 is 12.1 Å². The van der Waals surface area contributed by atoms with E-state index >= 15 is 0 Å². The number of likely N-dealkylation sites (N-methyl/N-ethyl adjacent to an activating group) is 1. The SMILES string of the molecule is CC[C@H]1OC(=O)[C@H](C)C(=O)[C@H](C)[C@@H](O[C@@H]2O[C@H](C)C[C@H](N(C)C)[C@H]2O)[C@](C)(OC)C[C@@H](C)C(=O)[C@H](C)[C@H]2N(CCCCc3cccc(Cl)c3)C(=O)O[C@]12C. The topological polar surface area (TPSA) is 141 Å². The van der Waals surface area contributed by atoms with Crippen LogP contribution in [0.5, 0.6) is 0 Å². The van der Waals surface area contributed by atoms with E-state index in [9.17, 15) is 24.3 Å². The molecule has 0 bridgehead atoms. The normalized spacial score (nSPS) is 38.6. The zero-order valence-electron chi connectivity index (χ0n) is 34.0. The number of rotatable bonds is 10. The average Bonchev–Trinajstić information content (AvgIpc) is 3.38. The number of nitrogens with zero attached hydrogens (tertiary/aromatic N) is 2. The Hall–Kier alpha value is -2.61. The van der Waals surface area contributed by atoms with Gasteiger partial charge in [0.2, 0.25) is 0 Å². The van der Waals surface area contributed by atoms with E-state index in [4.69, 9.17) is 35.3 Å². The number of carbonyl (C=O) groups excluding carboxylic acids is 4. The highest BCUT2D eigenvalue weighted by Gasteiger charge is 2.60. The zero-order valence-corrected chi connectivity index (χ0v) is 34.8. The molecule has 13 atom stereocenters. The van der Waals surface area contributed by atoms with Crippen molar-refractivity contribution in [2.75, 3.05) is 27.7 Å². The average molecular weight is 779 g/mol. The fourth-order valence-electron chi connectivity index (χ4n) is 9.01. The molecular weight excluding hydrogens is 716 g/mol. The third-order valence-electron chi connectivity index (χ3n) is 12.2. The molecule has 13 heteroatoms. The highest BCUT2D eigenvalue weighted by atomic mass is 35.5. The van der Waals surface area contributed by atoms with Crippen LogP contribution in [-0.4, -0.2) is 120 Å². The molecule has 0 radical (unpaired) electrons. The number of benzene rings is 1. The van der Waals surface area contributed by atoms with Gasteiger partial charge in [0, 0.05) is 42.5 Å². The molecule has 1 aromatic carbocycles. The summed E-state index contributed by atoms with van der Waals surface area (Å²) in [5, 5.41) is 12.1. The van der Waals surface area contributed by atoms with Gasteiger partial charge in [0.25, 0.3) is 0 Å². The van der Waals surface area contributed by atoms with Crippen molar-refractivity contribution in [3.63, 3.8) is 0 Å². The summed E-state index contributed by atoms with van der Waals surface area (Å²) in [4.78, 5) is 60.0. The summed E-state index contributed by atoms with van der Waals surface area (Å²) in [6.45, 7) is 14.3. The van der Waals surface area contributed by atoms with Crippen molar-refractivity contribution in [2.45, 2.75) is 148 Å². The Morgan fingerprint density at radius 3 is 2.31 bits per heavy atom. The van der Waals surface area contributed by atoms with Crippen molar-refractivity contribution < 1.29 is 48.0 Å². The molecule has 1 N–H and O–H groups in total. The fourth-order valence-corrected chi connectivity index (χ4v) is 9.23. The molecule has 304 valence electrons. The van der Waals surface area contributed by atoms with Crippen LogP contribution < -0.4 is 0 Å². The maximum atomic E-state index is 14.6. The van der Waals surface area contributed by atoms with Crippen LogP contribution in [0.3, 0.4) is 0 Å². The van der Waals surface area contributed by atoms with Crippen LogP contribution in [-0.2, 0) is 44.5 Å². The van der Waals surface area contributed by atoms with Crippen LogP contribution in [0.2, 0.25) is 5.02 Å². The third-order valence-corrected chi connectivity index (χ3v) is 12.4. The van der Waals surface area contributed by atoms with E-state index in [1.165, 1.54) is 14.0 Å². The summed E-state index contributed by atoms with van der Waals surface area (Å²) < 4.78 is 31.1. The van der Waals surface area contributed by atoms with Crippen molar-refractivity contribution in [1.29, 1.82) is 0 Å². The van der Waals surface area contributed by atoms with Crippen LogP contribution >= 0.6 is 11.6 Å². The summed E-state index contributed by atoms with van der Waals surface area (Å²) >= 11 is 6.19. The molecule has 0 saturated carbocycles. The van der Waals surface area contributed by atoms with Gasteiger partial charge in [-0.05, 0) is 98.0 Å². The summed E-state index contributed by atoms with van der Waals surface area (Å²) in [6, 6.07) is 6.61. The second-order valence-corrected chi connectivity index (χ2v) is 16.9. The van der Waals surface area contributed by atoms with Gasteiger partial charge in [-0.25, -0.2) is 4.79 Å². The minimum atomic E-state index is -1.38. The van der Waals surface area contributed by atoms with Gasteiger partial charge in [0.15, 0.2) is 17.7 Å². The van der Waals surface area contributed by atoms with Gasteiger partial charge in [-0.1, -0.05) is 51.4 Å². The second kappa shape index (κ2) is 18.1. The Morgan fingerprint density at radius 2 is 1.70 bits per heavy atom. The molecule has 54 heavy (non-hydrogen) atoms. The molecule has 3 aliphatic heterocycles. The van der Waals surface area contributed by atoms with Crippen molar-refractivity contribution in [2.24, 2.45) is 23.7 Å². The molecule has 0 aromatic heterocycles. The van der Waals surface area contributed by atoms with Crippen molar-refractivity contribution in [1.82, 2.24) is 9.80 Å². The first kappa shape index (κ1) is 44.1. The number of esters is 1. The minimum absolute atomic E-state index is 0.137. The van der Waals surface area contributed by atoms with E-state index in [0.29, 0.717) is 24.4 Å². The number of Topliss-reactive ketones (excluding diaryl/α,β-unsaturated/α-hetero) is 2. The number of unbranched alkanes of at least 4 members (excludes halogenated alkanes) is 1. The van der Waals surface area contributed by atoms with Crippen LogP contribution in [0.1, 0.15) is 93.1 Å². The molecule has 12 nitrogen and oxygen atoms in total. The fraction of sp³-hybridized carbons (Fsp3) is 0.756. The number of ether oxygens (including phenoxy) is 5. The summed E-state index contributed by atoms with van der Waals surface area (Å²) in [5.74, 6) is -4.89. The van der Waals surface area contributed by atoms with Gasteiger partial charge in [0.05, 0.1) is 23.9 Å². The van der Waals surface area contributed by atoms with Gasteiger partial charge < -0.3 is 38.6 Å². The van der Waals surface area contributed by atoms with E-state index in [0.717, 1.165) is 18.4 Å². The van der Waals surface area contributed by atoms with Crippen LogP contribution in [0.15, 0.2) is 24.3 Å². The lowest BCUT2D eigenvalue weighted by atomic mass is 9.73. The summed E-state index contributed by atoms with van der Waals surface area (Å²) in [7, 11) is 5.24. The summed E-state index contributed by atoms with van der Waals surface area (Å²) in [6.07, 6.45) is -1.84. The van der Waals surface area contributed by atoms with Gasteiger partial charge in [-0.15, -0.1) is 0 Å². The number of ketones is 2. The largest absolute Gasteiger partial charge is 0.458 e. The molecule has 0 spiro atoms. The zero-order chi connectivity index (χ0) is 40.3. The van der Waals surface area contributed by atoms with Crippen LogP contribution in [0, 0.1) is 23.7 Å². The smallest absolute Gasteiger partial charge is 0.410 e. The van der Waals surface area contributed by atoms with Crippen LogP contribution in [0.25, 0.3) is 0 Å². The molecule has 1 aromatic rings. The number of methoxy groups -OCH3 is 1. The molecule has 0 unspecified atom stereocenters. The number of fused-ring (bicyclic) bond motifs is 1. The van der Waals surface area contributed by atoms with E-state index in [-0.39, 0.29) is 30.8 Å². The lowest BCUT2D eigenvalue weighted by Gasteiger charge is -2.47. The third kappa shape index (κ3) is 9.32. The Kier molecular flexibility index (Phi) is 14.8. The highest BCUT2D eigenvalue weighted by molar-refractivity contribution is 6.30. The van der Waals surface area contributed by atoms with Crippen molar-refractivity contribution in [3.05, 3.63) is 34.9 Å². The lowest BCUT2D eigenvalue weighted by Crippen LogP contribution is -2.60. The first-order valence-corrected chi connectivity index (χ1v) is 19.9. The van der Waals surface area contributed by atoms with Gasteiger partial charge in [-0.2, -0.15) is 0 Å². The molecular formula is C41H63ClN2O10. The summed E-state index contributed by atoms with van der Waals surface area (Å²) in [5.41, 5.74) is -1.55. The van der Waals surface area contributed by atoms with Gasteiger partial charge in [0.1, 0.15) is 23.9 Å². The van der Waals surface area contributed by atoms with Crippen LogP contribution in [0.4, 0.5) is 4.79 Å². The number of hydrogen-bond donors (Lipinski definition) is 1. The monoisotopic (exact) mass is 778 g/mol. The molecule has 3 saturated heterocycles. The maximum absolute atomic E-state index is 14.6. The first-order valence-electron chi connectivity index (χ1n) is 19.5. The standard InChI is InChI=1S/C41H63ClN2O10/c1-12-31-41(8)35(44(39(49)54-41)19-14-13-16-28-17-15-18-29(42)21-28)25(4)32(45)23(2)22-40(7,50-11)36(26(5)33(46)27(6)37(48)52-31)53-38-34(47)30(43(9)10)20-24(3)51-38/h15,17-18,21,23-27,30-31,34-36,38,47H,12-14,16,19-20,22H2,1-11H3/t23-,24-,25+,26+,27-,30+,31-,34-,35-,36-,38+,40-,41-/m1/s1. The molecule has 3 aliphatic rings. The number of hydrogen-bond acceptors (Lipinski definition) is 11. The number of aliphatic hydroxyl groups is 1. The van der Waals surface area contributed by atoms with Crippen molar-refractivity contribution >= 4 is 35.2 Å². The molecule has 3 fully saturated rings. The Balaban J connectivity index is 1.71. The van der Waals surface area contributed by atoms with E-state index < -0.39 is 83.4 Å².